The molecule has 106 valence electrons. The molecule has 1 aliphatic carbocycles. The molecule has 0 unspecified atom stereocenters. The van der Waals surface area contributed by atoms with Crippen molar-refractivity contribution < 1.29 is 13.2 Å². The third kappa shape index (κ3) is 3.48. The maximum Gasteiger partial charge on any atom is 0.243 e. The van der Waals surface area contributed by atoms with Crippen molar-refractivity contribution in [2.45, 2.75) is 31.1 Å². The highest BCUT2D eigenvalue weighted by Crippen LogP contribution is 2.31. The molecule has 1 fully saturated rings. The lowest BCUT2D eigenvalue weighted by molar-refractivity contribution is 0.395. The largest absolute Gasteiger partial charge is 0.497 e. The third-order valence-corrected chi connectivity index (χ3v) is 5.21. The van der Waals surface area contributed by atoms with Crippen molar-refractivity contribution in [1.82, 2.24) is 4.31 Å². The lowest BCUT2D eigenvalue weighted by Crippen LogP contribution is -2.33. The van der Waals surface area contributed by atoms with Crippen LogP contribution in [-0.2, 0) is 10.0 Å². The number of sulfonamides is 1. The van der Waals surface area contributed by atoms with E-state index in [1.807, 2.05) is 6.92 Å². The van der Waals surface area contributed by atoms with Crippen LogP contribution in [0.1, 0.15) is 26.2 Å². The Hall–Kier alpha value is -1.07. The molecule has 1 aromatic carbocycles. The van der Waals surface area contributed by atoms with E-state index in [9.17, 15) is 8.42 Å². The van der Waals surface area contributed by atoms with Crippen molar-refractivity contribution >= 4 is 10.0 Å². The monoisotopic (exact) mass is 283 g/mol. The molecule has 1 aromatic rings. The van der Waals surface area contributed by atoms with Crippen LogP contribution in [0.4, 0.5) is 0 Å². The fourth-order valence-corrected chi connectivity index (χ4v) is 3.65. The van der Waals surface area contributed by atoms with Crippen LogP contribution in [0.2, 0.25) is 0 Å². The van der Waals surface area contributed by atoms with E-state index in [4.69, 9.17) is 4.74 Å². The second-order valence-corrected chi connectivity index (χ2v) is 6.92. The molecular weight excluding hydrogens is 262 g/mol. The first-order valence-electron chi connectivity index (χ1n) is 6.72. The van der Waals surface area contributed by atoms with Gasteiger partial charge in [-0.3, -0.25) is 0 Å². The highest BCUT2D eigenvalue weighted by atomic mass is 32.2. The maximum absolute atomic E-state index is 12.6. The van der Waals surface area contributed by atoms with Gasteiger partial charge in [0, 0.05) is 13.1 Å². The second kappa shape index (κ2) is 5.92. The van der Waals surface area contributed by atoms with Gasteiger partial charge in [-0.05, 0) is 49.4 Å². The summed E-state index contributed by atoms with van der Waals surface area (Å²) in [4.78, 5) is 0.349. The minimum atomic E-state index is -3.37. The Balaban J connectivity index is 2.20. The molecule has 4 nitrogen and oxygen atoms in total. The summed E-state index contributed by atoms with van der Waals surface area (Å²) in [5.74, 6) is 1.22. The van der Waals surface area contributed by atoms with Gasteiger partial charge in [-0.25, -0.2) is 8.42 Å². The molecule has 1 saturated carbocycles. The number of ether oxygens (including phenoxy) is 1. The number of hydrogen-bond donors (Lipinski definition) is 0. The average Bonchev–Trinajstić information content (AvgIpc) is 3.22. The Morgan fingerprint density at radius 1 is 1.26 bits per heavy atom. The zero-order valence-corrected chi connectivity index (χ0v) is 12.3. The number of methoxy groups -OCH3 is 1. The van der Waals surface area contributed by atoms with E-state index in [0.717, 1.165) is 19.3 Å². The van der Waals surface area contributed by atoms with E-state index in [-0.39, 0.29) is 0 Å². The first-order chi connectivity index (χ1) is 9.07. The molecule has 5 heteroatoms. The van der Waals surface area contributed by atoms with Crippen LogP contribution in [0.5, 0.6) is 5.75 Å². The smallest absolute Gasteiger partial charge is 0.243 e. The zero-order chi connectivity index (χ0) is 13.9. The molecule has 0 atom stereocenters. The molecule has 0 aromatic heterocycles. The van der Waals surface area contributed by atoms with Gasteiger partial charge in [0.1, 0.15) is 5.75 Å². The van der Waals surface area contributed by atoms with Gasteiger partial charge in [0.05, 0.1) is 12.0 Å². The quantitative estimate of drug-likeness (QED) is 0.772. The first kappa shape index (κ1) is 14.3. The first-order valence-corrected chi connectivity index (χ1v) is 8.16. The standard InChI is InChI=1S/C14H21NO3S/c1-3-10-15(11-12-4-5-12)19(16,17)14-8-6-13(18-2)7-9-14/h6-9,12H,3-5,10-11H2,1-2H3. The molecule has 0 aliphatic heterocycles. The summed E-state index contributed by atoms with van der Waals surface area (Å²) in [5, 5.41) is 0. The number of benzene rings is 1. The van der Waals surface area contributed by atoms with Gasteiger partial charge < -0.3 is 4.74 Å². The van der Waals surface area contributed by atoms with Crippen molar-refractivity contribution in [3.05, 3.63) is 24.3 Å². The summed E-state index contributed by atoms with van der Waals surface area (Å²) >= 11 is 0. The van der Waals surface area contributed by atoms with E-state index >= 15 is 0 Å². The lowest BCUT2D eigenvalue weighted by atomic mass is 10.3. The van der Waals surface area contributed by atoms with Gasteiger partial charge in [0.15, 0.2) is 0 Å². The van der Waals surface area contributed by atoms with Crippen LogP contribution < -0.4 is 4.74 Å². The van der Waals surface area contributed by atoms with E-state index in [1.54, 1.807) is 35.7 Å². The maximum atomic E-state index is 12.6. The molecule has 0 spiro atoms. The predicted octanol–water partition coefficient (Wildman–Crippen LogP) is 2.51. The van der Waals surface area contributed by atoms with Crippen LogP contribution >= 0.6 is 0 Å². The van der Waals surface area contributed by atoms with Crippen molar-refractivity contribution in [3.8, 4) is 5.75 Å². The Morgan fingerprint density at radius 3 is 2.37 bits per heavy atom. The van der Waals surface area contributed by atoms with Crippen LogP contribution in [-0.4, -0.2) is 32.9 Å². The van der Waals surface area contributed by atoms with Crippen molar-refractivity contribution in [1.29, 1.82) is 0 Å². The zero-order valence-electron chi connectivity index (χ0n) is 11.5. The number of rotatable bonds is 7. The third-order valence-electron chi connectivity index (χ3n) is 3.33. The molecule has 0 radical (unpaired) electrons. The van der Waals surface area contributed by atoms with Gasteiger partial charge >= 0.3 is 0 Å². The van der Waals surface area contributed by atoms with Gasteiger partial charge in [0.2, 0.25) is 10.0 Å². The molecular formula is C14H21NO3S. The minimum Gasteiger partial charge on any atom is -0.497 e. The highest BCUT2D eigenvalue weighted by Gasteiger charge is 2.31. The molecule has 0 bridgehead atoms. The number of hydrogen-bond acceptors (Lipinski definition) is 3. The molecule has 2 rings (SSSR count). The van der Waals surface area contributed by atoms with Crippen LogP contribution in [0.3, 0.4) is 0 Å². The van der Waals surface area contributed by atoms with Gasteiger partial charge in [-0.1, -0.05) is 6.92 Å². The van der Waals surface area contributed by atoms with Gasteiger partial charge in [-0.15, -0.1) is 0 Å². The molecule has 0 heterocycles. The van der Waals surface area contributed by atoms with Crippen molar-refractivity contribution in [2.24, 2.45) is 5.92 Å². The Bertz CT molecular complexity index is 506. The Labute approximate surface area is 115 Å². The van der Waals surface area contributed by atoms with E-state index in [0.29, 0.717) is 29.7 Å². The van der Waals surface area contributed by atoms with Gasteiger partial charge in [-0.2, -0.15) is 4.31 Å². The average molecular weight is 283 g/mol. The Morgan fingerprint density at radius 2 is 1.89 bits per heavy atom. The normalized spacial score (nSPS) is 15.7. The summed E-state index contributed by atoms with van der Waals surface area (Å²) in [7, 11) is -1.80. The predicted molar refractivity (Wildman–Crippen MR) is 74.8 cm³/mol. The van der Waals surface area contributed by atoms with E-state index in [2.05, 4.69) is 0 Å². The summed E-state index contributed by atoms with van der Waals surface area (Å²) in [6.07, 6.45) is 3.14. The Kier molecular flexibility index (Phi) is 4.47. The topological polar surface area (TPSA) is 46.6 Å². The van der Waals surface area contributed by atoms with E-state index in [1.165, 1.54) is 0 Å². The van der Waals surface area contributed by atoms with Crippen LogP contribution in [0, 0.1) is 5.92 Å². The minimum absolute atomic E-state index is 0.349. The molecule has 0 N–H and O–H groups in total. The van der Waals surface area contributed by atoms with Crippen molar-refractivity contribution in [2.75, 3.05) is 20.2 Å². The highest BCUT2D eigenvalue weighted by molar-refractivity contribution is 7.89. The fourth-order valence-electron chi connectivity index (χ4n) is 2.04. The van der Waals surface area contributed by atoms with Crippen molar-refractivity contribution in [3.63, 3.8) is 0 Å². The second-order valence-electron chi connectivity index (χ2n) is 4.98. The molecule has 0 amide bonds. The van der Waals surface area contributed by atoms with Gasteiger partial charge in [0.25, 0.3) is 0 Å². The molecule has 19 heavy (non-hydrogen) atoms. The van der Waals surface area contributed by atoms with E-state index < -0.39 is 10.0 Å². The fraction of sp³-hybridized carbons (Fsp3) is 0.571. The van der Waals surface area contributed by atoms with Crippen LogP contribution in [0.15, 0.2) is 29.2 Å². The lowest BCUT2D eigenvalue weighted by Gasteiger charge is -2.21. The molecule has 0 saturated heterocycles. The summed E-state index contributed by atoms with van der Waals surface area (Å²) in [6.45, 7) is 3.25. The summed E-state index contributed by atoms with van der Waals surface area (Å²) in [6, 6.07) is 6.61. The summed E-state index contributed by atoms with van der Waals surface area (Å²) < 4.78 is 31.8. The summed E-state index contributed by atoms with van der Waals surface area (Å²) in [5.41, 5.74) is 0. The molecule has 1 aliphatic rings. The van der Waals surface area contributed by atoms with Crippen LogP contribution in [0.25, 0.3) is 0 Å². The SMILES string of the molecule is CCCN(CC1CC1)S(=O)(=O)c1ccc(OC)cc1. The number of nitrogens with zero attached hydrogens (tertiary/aromatic N) is 1.